The van der Waals surface area contributed by atoms with Gasteiger partial charge in [-0.25, -0.2) is 4.79 Å². The van der Waals surface area contributed by atoms with Crippen LogP contribution in [0.1, 0.15) is 47.8 Å². The lowest BCUT2D eigenvalue weighted by Crippen LogP contribution is -2.29. The van der Waals surface area contributed by atoms with Gasteiger partial charge in [0.1, 0.15) is 11.5 Å². The van der Waals surface area contributed by atoms with Crippen molar-refractivity contribution in [3.63, 3.8) is 0 Å². The highest BCUT2D eigenvalue weighted by Gasteiger charge is 2.48. The van der Waals surface area contributed by atoms with Crippen LogP contribution in [-0.4, -0.2) is 28.0 Å². The van der Waals surface area contributed by atoms with Gasteiger partial charge in [0.05, 0.1) is 16.7 Å². The van der Waals surface area contributed by atoms with E-state index < -0.39 is 11.6 Å². The zero-order valence-electron chi connectivity index (χ0n) is 21.6. The zero-order chi connectivity index (χ0) is 28.6. The van der Waals surface area contributed by atoms with E-state index in [-0.39, 0.29) is 23.3 Å². The average molecular weight is 542 g/mol. The molecule has 5 aromatic rings. The van der Waals surface area contributed by atoms with Crippen molar-refractivity contribution >= 4 is 17.8 Å². The van der Waals surface area contributed by atoms with Gasteiger partial charge in [0.2, 0.25) is 0 Å². The second-order valence-corrected chi connectivity index (χ2v) is 9.59. The van der Waals surface area contributed by atoms with E-state index in [0.29, 0.717) is 16.7 Å². The van der Waals surface area contributed by atoms with Crippen molar-refractivity contribution < 1.29 is 29.3 Å². The number of hydrogen-bond donors (Lipinski definition) is 3. The summed E-state index contributed by atoms with van der Waals surface area (Å²) in [6, 6.07) is 35.3. The van der Waals surface area contributed by atoms with Crippen molar-refractivity contribution in [1.29, 1.82) is 0 Å². The Labute approximate surface area is 235 Å². The maximum Gasteiger partial charge on any atom is 0.340 e. The summed E-state index contributed by atoms with van der Waals surface area (Å²) in [6.07, 6.45) is 0. The lowest BCUT2D eigenvalue weighted by atomic mass is 9.80. The smallest absolute Gasteiger partial charge is 0.340 e. The summed E-state index contributed by atoms with van der Waals surface area (Å²) in [4.78, 5) is 35.7. The predicted octanol–water partition coefficient (Wildman–Crippen LogP) is 5.80. The summed E-state index contributed by atoms with van der Waals surface area (Å²) in [6.45, 7) is 0. The van der Waals surface area contributed by atoms with Crippen LogP contribution in [0.4, 0.5) is 0 Å². The zero-order valence-corrected chi connectivity index (χ0v) is 21.6. The third kappa shape index (κ3) is 4.39. The fourth-order valence-electron chi connectivity index (χ4n) is 5.28. The Bertz CT molecular complexity index is 1750. The number of ether oxygens (including phenoxy) is 1. The summed E-state index contributed by atoms with van der Waals surface area (Å²) in [5.41, 5.74) is 4.27. The van der Waals surface area contributed by atoms with Gasteiger partial charge < -0.3 is 14.9 Å². The van der Waals surface area contributed by atoms with E-state index in [2.05, 4.69) is 5.32 Å². The number of aromatic hydroxyl groups is 2. The number of carbonyl (C=O) groups is 3. The fraction of sp³-hybridized carbons (Fsp3) is 0.0294. The van der Waals surface area contributed by atoms with Gasteiger partial charge in [0, 0.05) is 16.7 Å². The quantitative estimate of drug-likeness (QED) is 0.197. The van der Waals surface area contributed by atoms with E-state index in [1.807, 2.05) is 48.5 Å². The van der Waals surface area contributed by atoms with Crippen LogP contribution in [0.3, 0.4) is 0 Å². The number of fused-ring (bicyclic) bond motifs is 2. The number of cyclic esters (lactones) is 1. The van der Waals surface area contributed by atoms with Crippen LogP contribution in [0.5, 0.6) is 11.5 Å². The molecule has 0 aliphatic carbocycles. The molecule has 3 N–H and O–H groups in total. The first-order valence-corrected chi connectivity index (χ1v) is 12.8. The van der Waals surface area contributed by atoms with E-state index in [1.54, 1.807) is 72.8 Å². The first-order valence-electron chi connectivity index (χ1n) is 12.8. The Morgan fingerprint density at radius 2 is 1.07 bits per heavy atom. The largest absolute Gasteiger partial charge is 0.508 e. The number of benzene rings is 5. The SMILES string of the molecule is O=C1NC(=O)c2c1cccc2-c1ccccc1.O=C1OC(c2ccc(O)cc2)(c2ccc(O)cc2)c2ccccc21. The molecule has 2 amide bonds. The van der Waals surface area contributed by atoms with Gasteiger partial charge in [-0.05, 0) is 47.5 Å². The molecule has 2 heterocycles. The number of nitrogens with one attached hydrogen (secondary N) is 1. The maximum atomic E-state index is 12.4. The summed E-state index contributed by atoms with van der Waals surface area (Å²) < 4.78 is 5.87. The Hall–Kier alpha value is -5.69. The molecule has 7 heteroatoms. The molecule has 7 nitrogen and oxygen atoms in total. The van der Waals surface area contributed by atoms with Crippen LogP contribution in [0, 0.1) is 0 Å². The number of phenolic OH excluding ortho intramolecular Hbond substituents is 2. The minimum Gasteiger partial charge on any atom is -0.508 e. The lowest BCUT2D eigenvalue weighted by molar-refractivity contribution is 0.0251. The van der Waals surface area contributed by atoms with Crippen LogP contribution in [0.15, 0.2) is 121 Å². The van der Waals surface area contributed by atoms with E-state index in [9.17, 15) is 24.6 Å². The monoisotopic (exact) mass is 541 g/mol. The first kappa shape index (κ1) is 25.6. The molecule has 200 valence electrons. The topological polar surface area (TPSA) is 113 Å². The summed E-state index contributed by atoms with van der Waals surface area (Å²) >= 11 is 0. The number of rotatable bonds is 3. The third-order valence-corrected chi connectivity index (χ3v) is 7.17. The second-order valence-electron chi connectivity index (χ2n) is 9.59. The molecule has 0 atom stereocenters. The van der Waals surface area contributed by atoms with E-state index >= 15 is 0 Å². The van der Waals surface area contributed by atoms with Crippen molar-refractivity contribution in [3.8, 4) is 22.6 Å². The van der Waals surface area contributed by atoms with Crippen molar-refractivity contribution in [3.05, 3.63) is 155 Å². The molecular weight excluding hydrogens is 518 g/mol. The normalized spacial score (nSPS) is 14.3. The highest BCUT2D eigenvalue weighted by Crippen LogP contribution is 2.47. The van der Waals surface area contributed by atoms with Gasteiger partial charge in [0.15, 0.2) is 5.60 Å². The number of esters is 1. The molecule has 7 rings (SSSR count). The van der Waals surface area contributed by atoms with E-state index in [4.69, 9.17) is 4.74 Å². The minimum absolute atomic E-state index is 0.136. The number of imide groups is 1. The fourth-order valence-corrected chi connectivity index (χ4v) is 5.28. The van der Waals surface area contributed by atoms with Crippen molar-refractivity contribution in [2.24, 2.45) is 0 Å². The maximum absolute atomic E-state index is 12.4. The number of phenols is 2. The molecule has 0 radical (unpaired) electrons. The second kappa shape index (κ2) is 10.1. The molecule has 0 bridgehead atoms. The molecule has 0 saturated heterocycles. The highest BCUT2D eigenvalue weighted by atomic mass is 16.6. The number of hydrogen-bond acceptors (Lipinski definition) is 6. The summed E-state index contributed by atoms with van der Waals surface area (Å²) in [5, 5.41) is 21.5. The van der Waals surface area contributed by atoms with E-state index in [1.165, 1.54) is 0 Å². The molecule has 0 spiro atoms. The first-order chi connectivity index (χ1) is 19.9. The van der Waals surface area contributed by atoms with Crippen LogP contribution in [0.2, 0.25) is 0 Å². The third-order valence-electron chi connectivity index (χ3n) is 7.17. The standard InChI is InChI=1S/C20H14O4.C14H9NO2/c21-15-9-5-13(6-10-15)20(14-7-11-16(22)12-8-14)18-4-2-1-3-17(18)19(23)24-20;16-13-11-8-4-7-10(12(11)14(17)15-13)9-5-2-1-3-6-9/h1-12,21-22H;1-8H,(H,15,16,17). The molecule has 41 heavy (non-hydrogen) atoms. The van der Waals surface area contributed by atoms with Crippen molar-refractivity contribution in [2.45, 2.75) is 5.60 Å². The number of amides is 2. The minimum atomic E-state index is -1.10. The molecule has 2 aliphatic heterocycles. The van der Waals surface area contributed by atoms with Gasteiger partial charge in [0.25, 0.3) is 11.8 Å². The van der Waals surface area contributed by atoms with Gasteiger partial charge in [-0.1, -0.05) is 84.9 Å². The van der Waals surface area contributed by atoms with Gasteiger partial charge in [-0.2, -0.15) is 0 Å². The van der Waals surface area contributed by atoms with Crippen molar-refractivity contribution in [1.82, 2.24) is 5.32 Å². The molecule has 0 aromatic heterocycles. The lowest BCUT2D eigenvalue weighted by Gasteiger charge is -2.30. The van der Waals surface area contributed by atoms with Gasteiger partial charge in [-0.15, -0.1) is 0 Å². The van der Waals surface area contributed by atoms with Crippen LogP contribution < -0.4 is 5.32 Å². The highest BCUT2D eigenvalue weighted by molar-refractivity contribution is 6.24. The molecule has 0 fully saturated rings. The Morgan fingerprint density at radius 1 is 0.537 bits per heavy atom. The predicted molar refractivity (Wildman–Crippen MR) is 152 cm³/mol. The van der Waals surface area contributed by atoms with Gasteiger partial charge >= 0.3 is 5.97 Å². The average Bonchev–Trinajstić information content (AvgIpc) is 3.47. The van der Waals surface area contributed by atoms with Crippen LogP contribution >= 0.6 is 0 Å². The Morgan fingerprint density at radius 3 is 1.71 bits per heavy atom. The van der Waals surface area contributed by atoms with Crippen molar-refractivity contribution in [2.75, 3.05) is 0 Å². The van der Waals surface area contributed by atoms with E-state index in [0.717, 1.165) is 27.8 Å². The Kier molecular flexibility index (Phi) is 6.32. The summed E-state index contributed by atoms with van der Waals surface area (Å²) in [5.74, 6) is -0.756. The molecule has 0 unspecified atom stereocenters. The van der Waals surface area contributed by atoms with Gasteiger partial charge in [-0.3, -0.25) is 14.9 Å². The van der Waals surface area contributed by atoms with Crippen LogP contribution in [-0.2, 0) is 10.3 Å². The molecule has 0 saturated carbocycles. The Balaban J connectivity index is 0.000000156. The van der Waals surface area contributed by atoms with Crippen LogP contribution in [0.25, 0.3) is 11.1 Å². The molecular formula is C34H23NO6. The molecule has 2 aliphatic rings. The molecule has 5 aromatic carbocycles. The number of carbonyl (C=O) groups excluding carboxylic acids is 3. The summed E-state index contributed by atoms with van der Waals surface area (Å²) in [7, 11) is 0.